The molecule has 1 saturated heterocycles. The molecule has 3 heterocycles. The minimum Gasteiger partial charge on any atom is -0.324 e. The summed E-state index contributed by atoms with van der Waals surface area (Å²) in [6.45, 7) is 5.65. The van der Waals surface area contributed by atoms with Crippen molar-refractivity contribution < 1.29 is 13.2 Å². The third kappa shape index (κ3) is 4.80. The van der Waals surface area contributed by atoms with E-state index in [9.17, 15) is 18.0 Å². The van der Waals surface area contributed by atoms with Crippen molar-refractivity contribution in [3.8, 4) is 0 Å². The summed E-state index contributed by atoms with van der Waals surface area (Å²) in [5.41, 5.74) is 0.214. The number of hydrogen-bond acceptors (Lipinski definition) is 5. The van der Waals surface area contributed by atoms with Crippen molar-refractivity contribution in [3.63, 3.8) is 0 Å². The van der Waals surface area contributed by atoms with Crippen LogP contribution in [0.15, 0.2) is 34.0 Å². The second-order valence-corrected chi connectivity index (χ2v) is 11.1. The number of aromatic nitrogens is 3. The van der Waals surface area contributed by atoms with Gasteiger partial charge in [-0.1, -0.05) is 20.3 Å². The number of aryl methyl sites for hydroxylation is 1. The van der Waals surface area contributed by atoms with Crippen molar-refractivity contribution in [3.05, 3.63) is 40.6 Å². The molecule has 0 unspecified atom stereocenters. The number of hydrogen-bond donors (Lipinski definition) is 1. The van der Waals surface area contributed by atoms with Gasteiger partial charge in [-0.3, -0.25) is 9.36 Å². The molecule has 2 aromatic rings. The Morgan fingerprint density at radius 3 is 2.47 bits per heavy atom. The van der Waals surface area contributed by atoms with Crippen molar-refractivity contribution in [1.29, 1.82) is 0 Å². The van der Waals surface area contributed by atoms with E-state index in [1.807, 2.05) is 0 Å². The van der Waals surface area contributed by atoms with Crippen molar-refractivity contribution >= 4 is 21.6 Å². The summed E-state index contributed by atoms with van der Waals surface area (Å²) in [6.07, 6.45) is 4.78. The number of anilines is 1. The predicted molar refractivity (Wildman–Crippen MR) is 121 cm³/mol. The Kier molecular flexibility index (Phi) is 6.52. The minimum absolute atomic E-state index is 0.178. The minimum atomic E-state index is -3.57. The molecule has 0 aliphatic carbocycles. The summed E-state index contributed by atoms with van der Waals surface area (Å²) in [5, 5.41) is 7.05. The van der Waals surface area contributed by atoms with Gasteiger partial charge in [0.05, 0.1) is 4.90 Å². The van der Waals surface area contributed by atoms with Crippen LogP contribution in [0.3, 0.4) is 0 Å². The van der Waals surface area contributed by atoms with E-state index in [4.69, 9.17) is 0 Å². The van der Waals surface area contributed by atoms with Crippen molar-refractivity contribution in [2.24, 2.45) is 11.8 Å². The summed E-state index contributed by atoms with van der Waals surface area (Å²) in [4.78, 5) is 25.2. The smallest absolute Gasteiger partial charge is 0.324 e. The molecule has 0 bridgehead atoms. The molecule has 2 aliphatic rings. The SMILES string of the molecule is C[C@@H]1C[C@@H](C)CN(S(=O)(=O)c2ccc(NC(=O)Cn3nc4n(c3=O)CCCCC4)cc2)C1. The van der Waals surface area contributed by atoms with Crippen LogP contribution in [0, 0.1) is 11.8 Å². The van der Waals surface area contributed by atoms with Crippen LogP contribution in [0.25, 0.3) is 0 Å². The Labute approximate surface area is 188 Å². The molecule has 1 N–H and O–H groups in total. The first-order valence-corrected chi connectivity index (χ1v) is 12.7. The van der Waals surface area contributed by atoms with Crippen molar-refractivity contribution in [1.82, 2.24) is 18.7 Å². The lowest BCUT2D eigenvalue weighted by Gasteiger charge is -2.34. The number of sulfonamides is 1. The lowest BCUT2D eigenvalue weighted by molar-refractivity contribution is -0.117. The van der Waals surface area contributed by atoms with E-state index in [-0.39, 0.29) is 23.0 Å². The Bertz CT molecular complexity index is 1130. The van der Waals surface area contributed by atoms with Gasteiger partial charge in [-0.15, -0.1) is 0 Å². The fourth-order valence-electron chi connectivity index (χ4n) is 4.73. The molecule has 1 fully saturated rings. The van der Waals surface area contributed by atoms with Crippen LogP contribution in [0.4, 0.5) is 5.69 Å². The van der Waals surface area contributed by atoms with E-state index in [0.717, 1.165) is 37.9 Å². The van der Waals surface area contributed by atoms with Gasteiger partial charge in [-0.25, -0.2) is 17.9 Å². The van der Waals surface area contributed by atoms with Crippen LogP contribution in [-0.4, -0.2) is 46.1 Å². The molecule has 174 valence electrons. The first kappa shape index (κ1) is 22.7. The molecule has 1 aromatic heterocycles. The third-order valence-electron chi connectivity index (χ3n) is 6.19. The number of rotatable bonds is 5. The predicted octanol–water partition coefficient (Wildman–Crippen LogP) is 2.08. The highest BCUT2D eigenvalue weighted by Gasteiger charge is 2.31. The first-order chi connectivity index (χ1) is 15.2. The number of carbonyl (C=O) groups is 1. The Hall–Kier alpha value is -2.46. The molecule has 2 atom stereocenters. The van der Waals surface area contributed by atoms with Gasteiger partial charge in [0.25, 0.3) is 0 Å². The monoisotopic (exact) mass is 461 g/mol. The number of amides is 1. The third-order valence-corrected chi connectivity index (χ3v) is 8.03. The largest absolute Gasteiger partial charge is 0.346 e. The molecule has 10 heteroatoms. The topological polar surface area (TPSA) is 106 Å². The number of nitrogens with one attached hydrogen (secondary N) is 1. The zero-order valence-electron chi connectivity index (χ0n) is 18.7. The summed E-state index contributed by atoms with van der Waals surface area (Å²) in [6, 6.07) is 6.18. The van der Waals surface area contributed by atoms with Crippen LogP contribution in [-0.2, 0) is 34.3 Å². The van der Waals surface area contributed by atoms with Crippen LogP contribution in [0.5, 0.6) is 0 Å². The average molecular weight is 462 g/mol. The molecule has 0 saturated carbocycles. The Morgan fingerprint density at radius 1 is 1.09 bits per heavy atom. The summed E-state index contributed by atoms with van der Waals surface area (Å²) in [7, 11) is -3.57. The fraction of sp³-hybridized carbons (Fsp3) is 0.591. The van der Waals surface area contributed by atoms with E-state index in [2.05, 4.69) is 24.3 Å². The Balaban J connectivity index is 1.42. The standard InChI is InChI=1S/C22H31N5O4S/c1-16-12-17(2)14-25(13-16)32(30,31)19-9-7-18(8-10-19)23-21(28)15-27-22(29)26-11-5-3-4-6-20(26)24-27/h7-10,16-17H,3-6,11-15H2,1-2H3,(H,23,28)/t16-,17-/m1/s1. The maximum absolute atomic E-state index is 13.0. The average Bonchev–Trinajstić information content (AvgIpc) is 2.90. The normalized spacial score (nSPS) is 22.2. The maximum atomic E-state index is 13.0. The highest BCUT2D eigenvalue weighted by molar-refractivity contribution is 7.89. The molecule has 32 heavy (non-hydrogen) atoms. The quantitative estimate of drug-likeness (QED) is 0.734. The molecule has 1 aromatic carbocycles. The van der Waals surface area contributed by atoms with E-state index < -0.39 is 10.0 Å². The summed E-state index contributed by atoms with van der Waals surface area (Å²) in [5.74, 6) is 1.01. The van der Waals surface area contributed by atoms with Crippen molar-refractivity contribution in [2.45, 2.75) is 63.9 Å². The van der Waals surface area contributed by atoms with Crippen LogP contribution in [0.2, 0.25) is 0 Å². The van der Waals surface area contributed by atoms with Gasteiger partial charge < -0.3 is 5.32 Å². The van der Waals surface area contributed by atoms with E-state index in [1.54, 1.807) is 21.0 Å². The van der Waals surface area contributed by atoms with Gasteiger partial charge in [-0.2, -0.15) is 9.40 Å². The highest BCUT2D eigenvalue weighted by Crippen LogP contribution is 2.27. The van der Waals surface area contributed by atoms with E-state index >= 15 is 0 Å². The van der Waals surface area contributed by atoms with Crippen LogP contribution < -0.4 is 11.0 Å². The van der Waals surface area contributed by atoms with Crippen molar-refractivity contribution in [2.75, 3.05) is 18.4 Å². The van der Waals surface area contributed by atoms with Gasteiger partial charge in [0.15, 0.2) is 0 Å². The Morgan fingerprint density at radius 2 is 1.78 bits per heavy atom. The molecule has 9 nitrogen and oxygen atoms in total. The molecule has 0 radical (unpaired) electrons. The van der Waals surface area contributed by atoms with E-state index in [0.29, 0.717) is 37.2 Å². The highest BCUT2D eigenvalue weighted by atomic mass is 32.2. The summed E-state index contributed by atoms with van der Waals surface area (Å²) < 4.78 is 30.4. The van der Waals surface area contributed by atoms with E-state index in [1.165, 1.54) is 16.8 Å². The number of carbonyl (C=O) groups excluding carboxylic acids is 1. The van der Waals surface area contributed by atoms with Crippen LogP contribution >= 0.6 is 0 Å². The first-order valence-electron chi connectivity index (χ1n) is 11.3. The molecule has 0 spiro atoms. The fourth-order valence-corrected chi connectivity index (χ4v) is 6.41. The second-order valence-electron chi connectivity index (χ2n) is 9.16. The number of benzene rings is 1. The molecule has 2 aliphatic heterocycles. The second kappa shape index (κ2) is 9.19. The maximum Gasteiger partial charge on any atom is 0.346 e. The van der Waals surface area contributed by atoms with Gasteiger partial charge in [0, 0.05) is 31.7 Å². The van der Waals surface area contributed by atoms with Crippen LogP contribution in [0.1, 0.15) is 45.4 Å². The number of piperidine rings is 1. The van der Waals surface area contributed by atoms with Gasteiger partial charge in [0.2, 0.25) is 15.9 Å². The van der Waals surface area contributed by atoms with Gasteiger partial charge in [-0.05, 0) is 55.4 Å². The number of fused-ring (bicyclic) bond motifs is 1. The molecule has 4 rings (SSSR count). The van der Waals surface area contributed by atoms with Gasteiger partial charge in [0.1, 0.15) is 12.4 Å². The zero-order chi connectivity index (χ0) is 22.9. The zero-order valence-corrected chi connectivity index (χ0v) is 19.5. The summed E-state index contributed by atoms with van der Waals surface area (Å²) >= 11 is 0. The van der Waals surface area contributed by atoms with Gasteiger partial charge >= 0.3 is 5.69 Å². The molecule has 1 amide bonds. The lowest BCUT2D eigenvalue weighted by Crippen LogP contribution is -2.42. The number of nitrogens with zero attached hydrogens (tertiary/aromatic N) is 4. The molecular formula is C22H31N5O4S. The lowest BCUT2D eigenvalue weighted by atomic mass is 9.94. The molecular weight excluding hydrogens is 430 g/mol.